The molecule has 0 unspecified atom stereocenters. The summed E-state index contributed by atoms with van der Waals surface area (Å²) in [6, 6.07) is 0. The van der Waals surface area contributed by atoms with E-state index < -0.39 is 0 Å². The highest BCUT2D eigenvalue weighted by Gasteiger charge is 2.23. The van der Waals surface area contributed by atoms with Crippen molar-refractivity contribution in [3.8, 4) is 0 Å². The lowest BCUT2D eigenvalue weighted by molar-refractivity contribution is 0.138. The van der Waals surface area contributed by atoms with Crippen molar-refractivity contribution in [3.05, 3.63) is 11.8 Å². The van der Waals surface area contributed by atoms with Crippen LogP contribution in [0.2, 0.25) is 0 Å². The first kappa shape index (κ1) is 13.0. The Labute approximate surface area is 98.8 Å². The lowest BCUT2D eigenvalue weighted by Gasteiger charge is -2.38. The van der Waals surface area contributed by atoms with E-state index in [1.807, 2.05) is 5.01 Å². The van der Waals surface area contributed by atoms with Crippen molar-refractivity contribution in [3.63, 3.8) is 0 Å². The third kappa shape index (κ3) is 3.85. The number of nitrogens with two attached hydrogens (primary N) is 1. The highest BCUT2D eigenvalue weighted by Crippen LogP contribution is 2.20. The molecule has 1 heterocycles. The van der Waals surface area contributed by atoms with Crippen LogP contribution in [0.1, 0.15) is 27.7 Å². The van der Waals surface area contributed by atoms with Gasteiger partial charge in [-0.15, -0.1) is 0 Å². The lowest BCUT2D eigenvalue weighted by atomic mass is 9.95. The van der Waals surface area contributed by atoms with E-state index in [-0.39, 0.29) is 0 Å². The van der Waals surface area contributed by atoms with Gasteiger partial charge in [-0.1, -0.05) is 26.8 Å². The monoisotopic (exact) mass is 224 g/mol. The van der Waals surface area contributed by atoms with Crippen molar-refractivity contribution in [1.82, 2.24) is 9.91 Å². The molecule has 0 aliphatic carbocycles. The van der Waals surface area contributed by atoms with Crippen LogP contribution in [0.15, 0.2) is 16.9 Å². The fraction of sp³-hybridized carbons (Fsp3) is 0.750. The largest absolute Gasteiger partial charge is 0.388 e. The van der Waals surface area contributed by atoms with E-state index >= 15 is 0 Å². The molecule has 0 aromatic heterocycles. The van der Waals surface area contributed by atoms with Gasteiger partial charge < -0.3 is 5.73 Å². The van der Waals surface area contributed by atoms with E-state index in [0.717, 1.165) is 26.2 Å². The number of rotatable bonds is 2. The van der Waals surface area contributed by atoms with Gasteiger partial charge in [0.25, 0.3) is 0 Å². The SMILES string of the molecule is C/C=C1/CN(CC(C)(C)C)CCN1/N=C\N. The van der Waals surface area contributed by atoms with E-state index in [4.69, 9.17) is 5.73 Å². The molecule has 1 aliphatic rings. The highest BCUT2D eigenvalue weighted by molar-refractivity contribution is 5.50. The zero-order valence-electron chi connectivity index (χ0n) is 10.9. The minimum atomic E-state index is 0.345. The van der Waals surface area contributed by atoms with Crippen LogP contribution in [0, 0.1) is 5.41 Å². The quantitative estimate of drug-likeness (QED) is 0.570. The van der Waals surface area contributed by atoms with Crippen molar-refractivity contribution in [2.75, 3.05) is 26.2 Å². The Hall–Kier alpha value is -1.03. The topological polar surface area (TPSA) is 44.9 Å². The van der Waals surface area contributed by atoms with E-state index in [1.165, 1.54) is 12.0 Å². The van der Waals surface area contributed by atoms with E-state index in [0.29, 0.717) is 5.41 Å². The smallest absolute Gasteiger partial charge is 0.106 e. The van der Waals surface area contributed by atoms with E-state index in [2.05, 4.69) is 43.8 Å². The summed E-state index contributed by atoms with van der Waals surface area (Å²) in [6.07, 6.45) is 3.48. The van der Waals surface area contributed by atoms with Crippen LogP contribution in [0.25, 0.3) is 0 Å². The molecule has 0 radical (unpaired) electrons. The van der Waals surface area contributed by atoms with Crippen molar-refractivity contribution in [1.29, 1.82) is 0 Å². The van der Waals surface area contributed by atoms with Gasteiger partial charge in [-0.25, -0.2) is 0 Å². The molecule has 1 rings (SSSR count). The summed E-state index contributed by atoms with van der Waals surface area (Å²) in [6.45, 7) is 12.9. The molecule has 4 heteroatoms. The highest BCUT2D eigenvalue weighted by atomic mass is 15.5. The first-order valence-electron chi connectivity index (χ1n) is 5.85. The maximum Gasteiger partial charge on any atom is 0.106 e. The second-order valence-electron chi connectivity index (χ2n) is 5.44. The summed E-state index contributed by atoms with van der Waals surface area (Å²) in [4.78, 5) is 2.47. The fourth-order valence-electron chi connectivity index (χ4n) is 2.03. The molecule has 0 aromatic carbocycles. The average molecular weight is 224 g/mol. The Morgan fingerprint density at radius 2 is 2.06 bits per heavy atom. The van der Waals surface area contributed by atoms with Gasteiger partial charge in [0.05, 0.1) is 6.54 Å². The molecule has 1 saturated heterocycles. The van der Waals surface area contributed by atoms with Crippen LogP contribution in [0.3, 0.4) is 0 Å². The molecule has 0 spiro atoms. The Morgan fingerprint density at radius 1 is 1.38 bits per heavy atom. The number of allylic oxidation sites excluding steroid dienone is 1. The van der Waals surface area contributed by atoms with Crippen LogP contribution in [-0.4, -0.2) is 42.4 Å². The first-order chi connectivity index (χ1) is 7.46. The lowest BCUT2D eigenvalue weighted by Crippen LogP contribution is -2.45. The van der Waals surface area contributed by atoms with Crippen LogP contribution in [-0.2, 0) is 0 Å². The Morgan fingerprint density at radius 3 is 2.56 bits per heavy atom. The number of piperazine rings is 1. The van der Waals surface area contributed by atoms with Gasteiger partial charge in [-0.3, -0.25) is 9.91 Å². The second-order valence-corrected chi connectivity index (χ2v) is 5.44. The van der Waals surface area contributed by atoms with Gasteiger partial charge in [0, 0.05) is 25.3 Å². The van der Waals surface area contributed by atoms with Crippen molar-refractivity contribution < 1.29 is 0 Å². The number of hydrazone groups is 1. The summed E-state index contributed by atoms with van der Waals surface area (Å²) < 4.78 is 0. The molecule has 0 aromatic rings. The predicted octanol–water partition coefficient (Wildman–Crippen LogP) is 1.46. The van der Waals surface area contributed by atoms with Gasteiger partial charge in [0.1, 0.15) is 6.34 Å². The maximum atomic E-state index is 5.34. The normalized spacial score (nSPS) is 22.2. The molecule has 0 atom stereocenters. The molecule has 0 bridgehead atoms. The second kappa shape index (κ2) is 5.34. The predicted molar refractivity (Wildman–Crippen MR) is 69.0 cm³/mol. The third-order valence-corrected chi connectivity index (χ3v) is 2.58. The van der Waals surface area contributed by atoms with Gasteiger partial charge in [-0.2, -0.15) is 5.10 Å². The fourth-order valence-corrected chi connectivity index (χ4v) is 2.03. The summed E-state index contributed by atoms with van der Waals surface area (Å²) in [5.41, 5.74) is 6.92. The van der Waals surface area contributed by atoms with E-state index in [9.17, 15) is 0 Å². The molecule has 2 N–H and O–H groups in total. The molecule has 4 nitrogen and oxygen atoms in total. The summed E-state index contributed by atoms with van der Waals surface area (Å²) in [5, 5.41) is 6.14. The van der Waals surface area contributed by atoms with E-state index in [1.54, 1.807) is 0 Å². The third-order valence-electron chi connectivity index (χ3n) is 2.58. The van der Waals surface area contributed by atoms with Crippen molar-refractivity contribution >= 4 is 6.34 Å². The van der Waals surface area contributed by atoms with Crippen LogP contribution in [0.5, 0.6) is 0 Å². The Balaban J connectivity index is 2.60. The minimum absolute atomic E-state index is 0.345. The summed E-state index contributed by atoms with van der Waals surface area (Å²) in [7, 11) is 0. The number of hydrogen-bond donors (Lipinski definition) is 1. The van der Waals surface area contributed by atoms with Gasteiger partial charge >= 0.3 is 0 Å². The molecule has 0 amide bonds. The van der Waals surface area contributed by atoms with Crippen molar-refractivity contribution in [2.24, 2.45) is 16.3 Å². The summed E-state index contributed by atoms with van der Waals surface area (Å²) >= 11 is 0. The van der Waals surface area contributed by atoms with Gasteiger partial charge in [-0.05, 0) is 12.3 Å². The standard InChI is InChI=1S/C12H24N4/c1-5-11-8-15(9-12(2,3)4)6-7-16(11)14-10-13/h5,10H,6-9H2,1-4H3,(H2,13,14)/b11-5-. The van der Waals surface area contributed by atoms with Gasteiger partial charge in [0.15, 0.2) is 0 Å². The zero-order chi connectivity index (χ0) is 12.2. The molecule has 1 aliphatic heterocycles. The maximum absolute atomic E-state index is 5.34. The van der Waals surface area contributed by atoms with Crippen LogP contribution < -0.4 is 5.73 Å². The molecular formula is C12H24N4. The molecule has 0 saturated carbocycles. The number of hydrogen-bond acceptors (Lipinski definition) is 3. The summed E-state index contributed by atoms with van der Waals surface area (Å²) in [5.74, 6) is 0. The Bertz CT molecular complexity index is 275. The average Bonchev–Trinajstić information content (AvgIpc) is 2.18. The van der Waals surface area contributed by atoms with Crippen molar-refractivity contribution in [2.45, 2.75) is 27.7 Å². The number of nitrogens with zero attached hydrogens (tertiary/aromatic N) is 3. The minimum Gasteiger partial charge on any atom is -0.388 e. The van der Waals surface area contributed by atoms with Gasteiger partial charge in [0.2, 0.25) is 0 Å². The molecule has 16 heavy (non-hydrogen) atoms. The first-order valence-corrected chi connectivity index (χ1v) is 5.85. The molecule has 1 fully saturated rings. The molecular weight excluding hydrogens is 200 g/mol. The molecule has 92 valence electrons. The Kier molecular flexibility index (Phi) is 4.35. The zero-order valence-corrected chi connectivity index (χ0v) is 10.9. The van der Waals surface area contributed by atoms with Crippen LogP contribution >= 0.6 is 0 Å². The van der Waals surface area contributed by atoms with Crippen LogP contribution in [0.4, 0.5) is 0 Å².